The third kappa shape index (κ3) is 9.54. The molecule has 0 N–H and O–H groups in total. The molecule has 0 aromatic heterocycles. The molecule has 82 heavy (non-hydrogen) atoms. The van der Waals surface area contributed by atoms with Crippen molar-refractivity contribution in [3.8, 4) is 22.3 Å². The van der Waals surface area contributed by atoms with Crippen LogP contribution >= 0.6 is 0 Å². The highest BCUT2D eigenvalue weighted by molar-refractivity contribution is 5.93. The maximum absolute atomic E-state index is 2.43. The minimum atomic E-state index is -0.188. The van der Waals surface area contributed by atoms with Gasteiger partial charge in [0, 0.05) is 45.0 Å². The lowest BCUT2D eigenvalue weighted by molar-refractivity contribution is 0.590. The molecule has 2 aliphatic rings. The Kier molecular flexibility index (Phi) is 12.7. The Hall–Kier alpha value is -8.98. The van der Waals surface area contributed by atoms with E-state index in [1.807, 2.05) is 0 Å². The van der Waals surface area contributed by atoms with Gasteiger partial charge < -0.3 is 9.80 Å². The van der Waals surface area contributed by atoms with Crippen molar-refractivity contribution in [2.24, 2.45) is 0 Å². The quantitative estimate of drug-likeness (QED) is 0.126. The number of rotatable bonds is 10. The zero-order valence-electron chi connectivity index (χ0n) is 49.1. The Morgan fingerprint density at radius 2 is 0.549 bits per heavy atom. The second kappa shape index (κ2) is 19.9. The first kappa shape index (κ1) is 52.4. The van der Waals surface area contributed by atoms with Crippen LogP contribution < -0.4 is 9.80 Å². The summed E-state index contributed by atoms with van der Waals surface area (Å²) >= 11 is 0. The molecule has 0 radical (unpaired) electrons. The summed E-state index contributed by atoms with van der Waals surface area (Å²) in [7, 11) is 0. The normalized spacial score (nSPS) is 14.1. The molecule has 0 saturated carbocycles. The van der Waals surface area contributed by atoms with E-state index in [9.17, 15) is 0 Å². The van der Waals surface area contributed by atoms with Gasteiger partial charge in [-0.15, -0.1) is 0 Å². The van der Waals surface area contributed by atoms with E-state index in [-0.39, 0.29) is 21.7 Å². The fourth-order valence-corrected chi connectivity index (χ4v) is 12.8. The van der Waals surface area contributed by atoms with Crippen LogP contribution in [0.15, 0.2) is 231 Å². The van der Waals surface area contributed by atoms with Gasteiger partial charge in [-0.3, -0.25) is 0 Å². The van der Waals surface area contributed by atoms with Crippen molar-refractivity contribution >= 4 is 80.0 Å². The second-order valence-electron chi connectivity index (χ2n) is 26.0. The number of hydrogen-bond acceptors (Lipinski definition) is 2. The van der Waals surface area contributed by atoms with E-state index in [1.165, 1.54) is 99.4 Å². The smallest absolute Gasteiger partial charge is 0.0468 e. The van der Waals surface area contributed by atoms with Crippen molar-refractivity contribution in [1.82, 2.24) is 0 Å². The fourth-order valence-electron chi connectivity index (χ4n) is 12.8. The Balaban J connectivity index is 0.723. The predicted octanol–water partition coefficient (Wildman–Crippen LogP) is 22.5. The van der Waals surface area contributed by atoms with E-state index >= 15 is 0 Å². The van der Waals surface area contributed by atoms with Gasteiger partial charge in [0.2, 0.25) is 0 Å². The van der Waals surface area contributed by atoms with Gasteiger partial charge in [0.15, 0.2) is 0 Å². The van der Waals surface area contributed by atoms with Crippen LogP contribution in [0.25, 0.3) is 68.1 Å². The molecule has 0 unspecified atom stereocenters. The highest BCUT2D eigenvalue weighted by Crippen LogP contribution is 2.53. The highest BCUT2D eigenvalue weighted by Gasteiger charge is 2.38. The number of benzene rings is 11. The van der Waals surface area contributed by atoms with Gasteiger partial charge in [-0.25, -0.2) is 0 Å². The third-order valence-electron chi connectivity index (χ3n) is 17.7. The molecule has 0 saturated heterocycles. The Morgan fingerprint density at radius 3 is 0.915 bits per heavy atom. The first-order valence-corrected chi connectivity index (χ1v) is 29.2. The minimum Gasteiger partial charge on any atom is -0.310 e. The average molecular weight is 1060 g/mol. The largest absolute Gasteiger partial charge is 0.310 e. The Bertz CT molecular complexity index is 4040. The van der Waals surface area contributed by atoms with Crippen LogP contribution in [0, 0.1) is 0 Å². The molecule has 2 nitrogen and oxygen atoms in total. The molecule has 13 rings (SSSR count). The molecule has 402 valence electrons. The van der Waals surface area contributed by atoms with Gasteiger partial charge in [-0.1, -0.05) is 251 Å². The number of anilines is 6. The third-order valence-corrected chi connectivity index (χ3v) is 17.7. The molecule has 0 atom stereocenters. The summed E-state index contributed by atoms with van der Waals surface area (Å²) < 4.78 is 0. The summed E-state index contributed by atoms with van der Waals surface area (Å²) in [4.78, 5) is 4.84. The Morgan fingerprint density at radius 1 is 0.268 bits per heavy atom. The first-order chi connectivity index (χ1) is 39.4. The topological polar surface area (TPSA) is 6.48 Å². The van der Waals surface area contributed by atoms with Gasteiger partial charge >= 0.3 is 0 Å². The van der Waals surface area contributed by atoms with Crippen molar-refractivity contribution in [3.05, 3.63) is 286 Å². The average Bonchev–Trinajstić information content (AvgIpc) is 4.10. The van der Waals surface area contributed by atoms with Gasteiger partial charge in [0.25, 0.3) is 0 Å². The van der Waals surface area contributed by atoms with Crippen molar-refractivity contribution < 1.29 is 0 Å². The molecular weight excluding hydrogens is 989 g/mol. The predicted molar refractivity (Wildman–Crippen MR) is 354 cm³/mol. The lowest BCUT2D eigenvalue weighted by atomic mass is 9.81. The molecule has 0 aliphatic heterocycles. The van der Waals surface area contributed by atoms with Crippen molar-refractivity contribution in [3.63, 3.8) is 0 Å². The van der Waals surface area contributed by atoms with E-state index in [2.05, 4.69) is 334 Å². The van der Waals surface area contributed by atoms with Crippen LogP contribution in [0.1, 0.15) is 125 Å². The summed E-state index contributed by atoms with van der Waals surface area (Å²) in [5.74, 6) is 0. The fraction of sp³-hybridized carbons (Fsp3) is 0.175. The van der Waals surface area contributed by atoms with Crippen LogP contribution in [0.4, 0.5) is 34.1 Å². The van der Waals surface area contributed by atoms with Crippen molar-refractivity contribution in [2.75, 3.05) is 9.80 Å². The number of hydrogen-bond donors (Lipinski definition) is 0. The van der Waals surface area contributed by atoms with Crippen molar-refractivity contribution in [2.45, 2.75) is 90.9 Å². The molecule has 0 amide bonds. The monoisotopic (exact) mass is 1060 g/mol. The molecule has 2 aliphatic carbocycles. The summed E-state index contributed by atoms with van der Waals surface area (Å²) in [6.45, 7) is 23.2. The van der Waals surface area contributed by atoms with Crippen LogP contribution in [-0.4, -0.2) is 0 Å². The lowest BCUT2D eigenvalue weighted by Gasteiger charge is -2.29. The van der Waals surface area contributed by atoms with Gasteiger partial charge in [-0.2, -0.15) is 0 Å². The molecule has 0 heterocycles. The van der Waals surface area contributed by atoms with Crippen LogP contribution in [-0.2, 0) is 21.7 Å². The van der Waals surface area contributed by atoms with Gasteiger partial charge in [-0.05, 0) is 183 Å². The van der Waals surface area contributed by atoms with E-state index in [0.717, 1.165) is 34.1 Å². The van der Waals surface area contributed by atoms with Gasteiger partial charge in [0.1, 0.15) is 0 Å². The zero-order valence-corrected chi connectivity index (χ0v) is 49.1. The summed E-state index contributed by atoms with van der Waals surface area (Å²) in [6.07, 6.45) is 9.00. The molecule has 0 bridgehead atoms. The molecule has 2 heteroatoms. The van der Waals surface area contributed by atoms with E-state index in [4.69, 9.17) is 0 Å². The summed E-state index contributed by atoms with van der Waals surface area (Å²) in [6, 6.07) is 86.3. The van der Waals surface area contributed by atoms with Crippen LogP contribution in [0.5, 0.6) is 0 Å². The van der Waals surface area contributed by atoms with Gasteiger partial charge in [0.05, 0.1) is 0 Å². The zero-order chi connectivity index (χ0) is 56.7. The number of nitrogens with zero attached hydrogens (tertiary/aromatic N) is 2. The summed E-state index contributed by atoms with van der Waals surface area (Å²) in [5, 5.41) is 4.95. The maximum atomic E-state index is 2.43. The molecule has 0 spiro atoms. The van der Waals surface area contributed by atoms with Crippen LogP contribution in [0.3, 0.4) is 0 Å². The minimum absolute atomic E-state index is 0.0732. The maximum Gasteiger partial charge on any atom is 0.0468 e. The second-order valence-corrected chi connectivity index (χ2v) is 26.0. The van der Waals surface area contributed by atoms with E-state index < -0.39 is 0 Å². The Labute approximate surface area is 486 Å². The summed E-state index contributed by atoms with van der Waals surface area (Å²) in [5.41, 5.74) is 24.8. The standard InChI is InChI=1S/C80H72N2/c1-77(2,3)61-31-37-63(38-32-61)81(65-35-29-57-15-11-13-17-59(57)49-65)67-41-45-71-69-43-27-55(47-73(69)79(7,8)75(71)51-67)25-23-53-19-21-54(22-20-53)24-26-56-28-44-70-72-46-42-68(52-76(72)80(9,10)74(70)48-56)82(64-39-33-62(34-40-64)78(4,5)6)66-36-30-58-16-12-14-18-60(58)50-66/h11-52H,1-10H3/b25-23+,26-24+. The molecule has 0 fully saturated rings. The SMILES string of the molecule is CC(C)(C)c1ccc(N(c2ccc3c(c2)C(C)(C)c2cc(/C=C/c4ccc(/C=C/c5ccc6c(c5)C(C)(C)c5cc(N(c7ccc(C(C)(C)C)cc7)c7ccc8ccccc8c7)ccc5-6)cc4)ccc2-3)c2ccc3ccccc3c2)cc1. The van der Waals surface area contributed by atoms with E-state index in [0.29, 0.717) is 0 Å². The van der Waals surface area contributed by atoms with E-state index in [1.54, 1.807) is 0 Å². The number of fused-ring (bicyclic) bond motifs is 8. The van der Waals surface area contributed by atoms with Crippen molar-refractivity contribution in [1.29, 1.82) is 0 Å². The first-order valence-electron chi connectivity index (χ1n) is 29.2. The van der Waals surface area contributed by atoms with Crippen LogP contribution in [0.2, 0.25) is 0 Å². The molecule has 11 aromatic rings. The molecule has 11 aromatic carbocycles. The highest BCUT2D eigenvalue weighted by atomic mass is 15.1. The lowest BCUT2D eigenvalue weighted by Crippen LogP contribution is -2.17. The molecular formula is C80H72N2.